The molecule has 0 aliphatic rings. The minimum absolute atomic E-state index is 0.176. The summed E-state index contributed by atoms with van der Waals surface area (Å²) in [6.07, 6.45) is 0.780. The zero-order chi connectivity index (χ0) is 15.8. The van der Waals surface area contributed by atoms with Gasteiger partial charge in [-0.25, -0.2) is 0 Å². The lowest BCUT2D eigenvalue weighted by molar-refractivity contribution is 0.112. The van der Waals surface area contributed by atoms with Gasteiger partial charge in [0.25, 0.3) is 0 Å². The largest absolute Gasteiger partial charge is 0.487 e. The molecule has 0 saturated carbocycles. The topological polar surface area (TPSA) is 74.5 Å². The maximum absolute atomic E-state index is 10.6. The van der Waals surface area contributed by atoms with Gasteiger partial charge in [-0.15, -0.1) is 0 Å². The first-order valence-electron chi connectivity index (χ1n) is 6.80. The molecule has 2 rings (SSSR count). The van der Waals surface area contributed by atoms with Crippen LogP contribution in [0.25, 0.3) is 0 Å². The molecule has 2 N–H and O–H groups in total. The lowest BCUT2D eigenvalue weighted by Crippen LogP contribution is -2.20. The summed E-state index contributed by atoms with van der Waals surface area (Å²) in [5.74, 6) is 0.624. The summed E-state index contributed by atoms with van der Waals surface area (Å²) in [7, 11) is 0. The average Bonchev–Trinajstić information content (AvgIpc) is 2.56. The normalized spacial score (nSPS) is 10.9. The summed E-state index contributed by atoms with van der Waals surface area (Å²) < 4.78 is 5.59. The molecule has 0 radical (unpaired) electrons. The summed E-state index contributed by atoms with van der Waals surface area (Å²) in [5, 5.41) is 12.0. The van der Waals surface area contributed by atoms with Gasteiger partial charge < -0.3 is 10.1 Å². The SMILES string of the molecule is CC(=N)/C(COc1ccc(C=O)cc1)=N\Nc1ccccc1. The number of anilines is 1. The standard InChI is InChI=1S/C17H17N3O2/c1-13(18)17(20-19-15-5-3-2-4-6-15)12-22-16-9-7-14(11-21)8-10-16/h2-11,18-19H,12H2,1H3/b18-13?,20-17-. The number of hydrogen-bond acceptors (Lipinski definition) is 5. The van der Waals surface area contributed by atoms with E-state index in [9.17, 15) is 4.79 Å². The molecule has 0 unspecified atom stereocenters. The zero-order valence-corrected chi connectivity index (χ0v) is 12.2. The zero-order valence-electron chi connectivity index (χ0n) is 12.2. The highest BCUT2D eigenvalue weighted by atomic mass is 16.5. The van der Waals surface area contributed by atoms with Crippen LogP contribution in [0.5, 0.6) is 5.75 Å². The molecule has 2 aromatic rings. The summed E-state index contributed by atoms with van der Waals surface area (Å²) in [6, 6.07) is 16.3. The van der Waals surface area contributed by atoms with Crippen LogP contribution >= 0.6 is 0 Å². The number of nitrogens with one attached hydrogen (secondary N) is 2. The molecule has 0 spiro atoms. The van der Waals surface area contributed by atoms with Crippen LogP contribution in [0.1, 0.15) is 17.3 Å². The van der Waals surface area contributed by atoms with Crippen molar-refractivity contribution in [1.82, 2.24) is 0 Å². The first kappa shape index (κ1) is 15.4. The second-order valence-corrected chi connectivity index (χ2v) is 4.64. The maximum Gasteiger partial charge on any atom is 0.150 e. The summed E-state index contributed by atoms with van der Waals surface area (Å²) in [5.41, 5.74) is 5.17. The molecule has 22 heavy (non-hydrogen) atoms. The lowest BCUT2D eigenvalue weighted by atomic mass is 10.2. The molecule has 2 aromatic carbocycles. The Morgan fingerprint density at radius 2 is 1.86 bits per heavy atom. The third kappa shape index (κ3) is 4.56. The van der Waals surface area contributed by atoms with Crippen molar-refractivity contribution < 1.29 is 9.53 Å². The van der Waals surface area contributed by atoms with Gasteiger partial charge in [0.05, 0.1) is 11.4 Å². The van der Waals surface area contributed by atoms with Gasteiger partial charge in [-0.3, -0.25) is 10.2 Å². The van der Waals surface area contributed by atoms with Gasteiger partial charge in [-0.05, 0) is 43.3 Å². The van der Waals surface area contributed by atoms with E-state index in [0.29, 0.717) is 22.7 Å². The predicted molar refractivity (Wildman–Crippen MR) is 88.2 cm³/mol. The number of hydrazone groups is 1. The van der Waals surface area contributed by atoms with Crippen LogP contribution in [0, 0.1) is 5.41 Å². The lowest BCUT2D eigenvalue weighted by Gasteiger charge is -2.09. The molecule has 5 heteroatoms. The number of hydrogen-bond donors (Lipinski definition) is 2. The van der Waals surface area contributed by atoms with Gasteiger partial charge in [-0.1, -0.05) is 18.2 Å². The number of para-hydroxylation sites is 1. The van der Waals surface area contributed by atoms with Crippen molar-refractivity contribution in [2.24, 2.45) is 5.10 Å². The Labute approximate surface area is 129 Å². The van der Waals surface area contributed by atoms with Gasteiger partial charge in [0, 0.05) is 5.56 Å². The summed E-state index contributed by atoms with van der Waals surface area (Å²) in [4.78, 5) is 10.6. The smallest absolute Gasteiger partial charge is 0.150 e. The van der Waals surface area contributed by atoms with Crippen molar-refractivity contribution in [3.8, 4) is 5.75 Å². The van der Waals surface area contributed by atoms with E-state index >= 15 is 0 Å². The third-order valence-electron chi connectivity index (χ3n) is 2.92. The molecular formula is C17H17N3O2. The Kier molecular flexibility index (Phi) is 5.43. The van der Waals surface area contributed by atoms with Crippen LogP contribution < -0.4 is 10.2 Å². The van der Waals surface area contributed by atoms with Crippen LogP contribution in [-0.2, 0) is 0 Å². The quantitative estimate of drug-likeness (QED) is 0.467. The highest BCUT2D eigenvalue weighted by Gasteiger charge is 2.04. The van der Waals surface area contributed by atoms with Crippen molar-refractivity contribution in [3.63, 3.8) is 0 Å². The van der Waals surface area contributed by atoms with Gasteiger partial charge in [0.15, 0.2) is 0 Å². The number of rotatable bonds is 7. The fraction of sp³-hybridized carbons (Fsp3) is 0.118. The molecule has 0 bridgehead atoms. The Hall–Kier alpha value is -2.95. The number of nitrogens with zero attached hydrogens (tertiary/aromatic N) is 1. The van der Waals surface area contributed by atoms with E-state index in [1.165, 1.54) is 0 Å². The molecule has 0 fully saturated rings. The van der Waals surface area contributed by atoms with E-state index in [1.807, 2.05) is 30.3 Å². The monoisotopic (exact) mass is 295 g/mol. The van der Waals surface area contributed by atoms with Crippen molar-refractivity contribution in [1.29, 1.82) is 5.41 Å². The van der Waals surface area contributed by atoms with Crippen molar-refractivity contribution in [2.45, 2.75) is 6.92 Å². The number of carbonyl (C=O) groups excluding carboxylic acids is 1. The van der Waals surface area contributed by atoms with Crippen molar-refractivity contribution in [2.75, 3.05) is 12.0 Å². The van der Waals surface area contributed by atoms with E-state index in [-0.39, 0.29) is 6.61 Å². The number of aldehydes is 1. The molecule has 5 nitrogen and oxygen atoms in total. The molecular weight excluding hydrogens is 278 g/mol. The van der Waals surface area contributed by atoms with Crippen LogP contribution in [-0.4, -0.2) is 24.3 Å². The van der Waals surface area contributed by atoms with E-state index in [4.69, 9.17) is 10.1 Å². The third-order valence-corrected chi connectivity index (χ3v) is 2.92. The molecule has 0 amide bonds. The molecule has 0 saturated heterocycles. The minimum Gasteiger partial charge on any atom is -0.487 e. The molecule has 0 aromatic heterocycles. The van der Waals surface area contributed by atoms with Crippen molar-refractivity contribution in [3.05, 3.63) is 60.2 Å². The fourth-order valence-electron chi connectivity index (χ4n) is 1.66. The minimum atomic E-state index is 0.176. The Balaban J connectivity index is 1.99. The first-order valence-corrected chi connectivity index (χ1v) is 6.80. The van der Waals surface area contributed by atoms with E-state index < -0.39 is 0 Å². The number of benzene rings is 2. The maximum atomic E-state index is 10.6. The first-order chi connectivity index (χ1) is 10.7. The summed E-state index contributed by atoms with van der Waals surface area (Å²) >= 11 is 0. The average molecular weight is 295 g/mol. The van der Waals surface area contributed by atoms with Gasteiger partial charge in [-0.2, -0.15) is 5.10 Å². The van der Waals surface area contributed by atoms with E-state index in [0.717, 1.165) is 12.0 Å². The number of carbonyl (C=O) groups is 1. The highest BCUT2D eigenvalue weighted by molar-refractivity contribution is 6.41. The second-order valence-electron chi connectivity index (χ2n) is 4.64. The fourth-order valence-corrected chi connectivity index (χ4v) is 1.66. The van der Waals surface area contributed by atoms with E-state index in [1.54, 1.807) is 31.2 Å². The van der Waals surface area contributed by atoms with Crippen LogP contribution in [0.15, 0.2) is 59.7 Å². The Morgan fingerprint density at radius 1 is 1.18 bits per heavy atom. The van der Waals surface area contributed by atoms with Gasteiger partial charge in [0.1, 0.15) is 24.4 Å². The highest BCUT2D eigenvalue weighted by Crippen LogP contribution is 2.11. The summed E-state index contributed by atoms with van der Waals surface area (Å²) in [6.45, 7) is 1.83. The van der Waals surface area contributed by atoms with Gasteiger partial charge >= 0.3 is 0 Å². The van der Waals surface area contributed by atoms with E-state index in [2.05, 4.69) is 10.5 Å². The predicted octanol–water partition coefficient (Wildman–Crippen LogP) is 3.39. The van der Waals surface area contributed by atoms with Crippen LogP contribution in [0.3, 0.4) is 0 Å². The molecule has 0 aliphatic carbocycles. The number of ether oxygens (including phenoxy) is 1. The van der Waals surface area contributed by atoms with Crippen molar-refractivity contribution >= 4 is 23.4 Å². The molecule has 0 atom stereocenters. The van der Waals surface area contributed by atoms with Crippen LogP contribution in [0.4, 0.5) is 5.69 Å². The molecule has 0 aliphatic heterocycles. The molecule has 0 heterocycles. The molecule has 112 valence electrons. The second kappa shape index (κ2) is 7.73. The Bertz CT molecular complexity index is 664. The van der Waals surface area contributed by atoms with Crippen LogP contribution in [0.2, 0.25) is 0 Å². The van der Waals surface area contributed by atoms with Gasteiger partial charge in [0.2, 0.25) is 0 Å². The Morgan fingerprint density at radius 3 is 2.45 bits per heavy atom.